The molecule has 0 saturated heterocycles. The van der Waals surface area contributed by atoms with E-state index >= 15 is 0 Å². The maximum atomic E-state index is 12.7. The van der Waals surface area contributed by atoms with Gasteiger partial charge in [-0.05, 0) is 66.9 Å². The third kappa shape index (κ3) is 5.67. The molecule has 1 amide bonds. The molecule has 0 spiro atoms. The van der Waals surface area contributed by atoms with Gasteiger partial charge in [0.2, 0.25) is 5.91 Å². The van der Waals surface area contributed by atoms with E-state index in [-0.39, 0.29) is 16.8 Å². The maximum absolute atomic E-state index is 12.7. The highest BCUT2D eigenvalue weighted by molar-refractivity contribution is 7.90. The predicted molar refractivity (Wildman–Crippen MR) is 145 cm³/mol. The van der Waals surface area contributed by atoms with Crippen LogP contribution < -0.4 is 14.8 Å². The zero-order chi connectivity index (χ0) is 26.7. The SMILES string of the molecule is COc1ccc([C@@H](C)NC(=O)/C=C/c2c[nH]c3ncc(-c4cc(S(C)(=O)=O)ccc4C)cc23)cc1OC. The molecule has 2 N–H and O–H groups in total. The number of carbonyl (C=O) groups is 1. The van der Waals surface area contributed by atoms with Crippen LogP contribution >= 0.6 is 0 Å². The molecular weight excluding hydrogens is 490 g/mol. The van der Waals surface area contributed by atoms with Gasteiger partial charge in [0.1, 0.15) is 5.65 Å². The summed E-state index contributed by atoms with van der Waals surface area (Å²) in [5.74, 6) is 0.962. The first kappa shape index (κ1) is 26.0. The third-order valence-corrected chi connectivity index (χ3v) is 7.30. The Morgan fingerprint density at radius 1 is 1.08 bits per heavy atom. The molecule has 8 nitrogen and oxygen atoms in total. The highest BCUT2D eigenvalue weighted by Crippen LogP contribution is 2.31. The summed E-state index contributed by atoms with van der Waals surface area (Å²) in [6, 6.07) is 12.3. The molecule has 37 heavy (non-hydrogen) atoms. The summed E-state index contributed by atoms with van der Waals surface area (Å²) in [6.07, 6.45) is 7.87. The molecule has 0 saturated carbocycles. The number of methoxy groups -OCH3 is 2. The molecule has 1 atom stereocenters. The number of hydrogen-bond donors (Lipinski definition) is 2. The topological polar surface area (TPSA) is 110 Å². The average Bonchev–Trinajstić information content (AvgIpc) is 3.28. The van der Waals surface area contributed by atoms with Crippen molar-refractivity contribution in [1.29, 1.82) is 0 Å². The lowest BCUT2D eigenvalue weighted by Gasteiger charge is -2.15. The molecule has 0 aliphatic heterocycles. The lowest BCUT2D eigenvalue weighted by molar-refractivity contribution is -0.117. The number of hydrogen-bond acceptors (Lipinski definition) is 6. The molecule has 0 aliphatic rings. The second kappa shape index (κ2) is 10.5. The number of rotatable bonds is 8. The molecule has 9 heteroatoms. The summed E-state index contributed by atoms with van der Waals surface area (Å²) in [4.78, 5) is 20.5. The lowest BCUT2D eigenvalue weighted by atomic mass is 10.0. The van der Waals surface area contributed by atoms with E-state index in [2.05, 4.69) is 15.3 Å². The van der Waals surface area contributed by atoms with Crippen LogP contribution in [0.25, 0.3) is 28.2 Å². The Hall–Kier alpha value is -4.11. The summed E-state index contributed by atoms with van der Waals surface area (Å²) in [5.41, 5.74) is 4.84. The standard InChI is InChI=1S/C28H29N3O5S/c1-17-6-9-22(37(5,33)34)14-23(17)21-12-24-20(15-29-28(24)30-16-21)8-11-27(32)31-18(2)19-7-10-25(35-3)26(13-19)36-4/h6-16,18H,1-5H3,(H,29,30)(H,31,32)/b11-8+/t18-/m1/s1. The zero-order valence-electron chi connectivity index (χ0n) is 21.3. The number of amides is 1. The van der Waals surface area contributed by atoms with Gasteiger partial charge in [-0.2, -0.15) is 0 Å². The Labute approximate surface area is 216 Å². The minimum absolute atomic E-state index is 0.252. The molecule has 4 rings (SSSR count). The third-order valence-electron chi connectivity index (χ3n) is 6.19. The Morgan fingerprint density at radius 2 is 1.84 bits per heavy atom. The van der Waals surface area contributed by atoms with Gasteiger partial charge in [0.25, 0.3) is 0 Å². The second-order valence-electron chi connectivity index (χ2n) is 8.79. The van der Waals surface area contributed by atoms with Crippen LogP contribution in [0.2, 0.25) is 0 Å². The number of aryl methyl sites for hydroxylation is 1. The van der Waals surface area contributed by atoms with Gasteiger partial charge in [-0.15, -0.1) is 0 Å². The predicted octanol–water partition coefficient (Wildman–Crippen LogP) is 4.85. The fraction of sp³-hybridized carbons (Fsp3) is 0.214. The molecular formula is C28H29N3O5S. The number of fused-ring (bicyclic) bond motifs is 1. The summed E-state index contributed by atoms with van der Waals surface area (Å²) in [6.45, 7) is 3.81. The van der Waals surface area contributed by atoms with Crippen LogP contribution in [0.5, 0.6) is 11.5 Å². The van der Waals surface area contributed by atoms with E-state index in [0.29, 0.717) is 17.1 Å². The summed E-state index contributed by atoms with van der Waals surface area (Å²) in [5, 5.41) is 3.77. The van der Waals surface area contributed by atoms with Crippen LogP contribution in [0.4, 0.5) is 0 Å². The van der Waals surface area contributed by atoms with Crippen molar-refractivity contribution in [1.82, 2.24) is 15.3 Å². The van der Waals surface area contributed by atoms with Gasteiger partial charge < -0.3 is 19.8 Å². The van der Waals surface area contributed by atoms with Gasteiger partial charge in [0.05, 0.1) is 25.2 Å². The zero-order valence-corrected chi connectivity index (χ0v) is 22.1. The first-order valence-electron chi connectivity index (χ1n) is 11.6. The fourth-order valence-corrected chi connectivity index (χ4v) is 4.73. The van der Waals surface area contributed by atoms with E-state index in [4.69, 9.17) is 9.47 Å². The Bertz CT molecular complexity index is 1610. The van der Waals surface area contributed by atoms with Crippen LogP contribution in [0.3, 0.4) is 0 Å². The van der Waals surface area contributed by atoms with E-state index in [1.165, 1.54) is 12.3 Å². The van der Waals surface area contributed by atoms with E-state index in [9.17, 15) is 13.2 Å². The fourth-order valence-electron chi connectivity index (χ4n) is 4.08. The van der Waals surface area contributed by atoms with Crippen LogP contribution in [-0.2, 0) is 14.6 Å². The first-order valence-corrected chi connectivity index (χ1v) is 13.5. The minimum atomic E-state index is -3.34. The number of H-pyrrole nitrogens is 1. The number of carbonyl (C=O) groups excluding carboxylic acids is 1. The largest absolute Gasteiger partial charge is 0.493 e. The summed E-state index contributed by atoms with van der Waals surface area (Å²) < 4.78 is 34.7. The monoisotopic (exact) mass is 519 g/mol. The summed E-state index contributed by atoms with van der Waals surface area (Å²) in [7, 11) is -0.199. The number of nitrogens with one attached hydrogen (secondary N) is 2. The van der Waals surface area contributed by atoms with E-state index < -0.39 is 9.84 Å². The minimum Gasteiger partial charge on any atom is -0.493 e. The molecule has 192 valence electrons. The van der Waals surface area contributed by atoms with Gasteiger partial charge >= 0.3 is 0 Å². The smallest absolute Gasteiger partial charge is 0.244 e. The molecule has 0 fully saturated rings. The van der Waals surface area contributed by atoms with Gasteiger partial charge in [0.15, 0.2) is 21.3 Å². The molecule has 0 aliphatic carbocycles. The lowest BCUT2D eigenvalue weighted by Crippen LogP contribution is -2.24. The van der Waals surface area contributed by atoms with Crippen molar-refractivity contribution in [3.05, 3.63) is 77.6 Å². The number of nitrogens with zero attached hydrogens (tertiary/aromatic N) is 1. The number of aromatic amines is 1. The number of sulfone groups is 1. The van der Waals surface area contributed by atoms with Crippen molar-refractivity contribution in [2.75, 3.05) is 20.5 Å². The first-order chi connectivity index (χ1) is 17.6. The van der Waals surface area contributed by atoms with Crippen molar-refractivity contribution < 1.29 is 22.7 Å². The van der Waals surface area contributed by atoms with Crippen LogP contribution in [-0.4, -0.2) is 44.8 Å². The number of pyridine rings is 1. The quantitative estimate of drug-likeness (QED) is 0.322. The van der Waals surface area contributed by atoms with E-state index in [1.807, 2.05) is 32.0 Å². The highest BCUT2D eigenvalue weighted by Gasteiger charge is 2.14. The Kier molecular flexibility index (Phi) is 7.35. The molecule has 0 radical (unpaired) electrons. The van der Waals surface area contributed by atoms with Crippen LogP contribution in [0, 0.1) is 6.92 Å². The number of benzene rings is 2. The molecule has 0 bridgehead atoms. The molecule has 4 aromatic rings. The van der Waals surface area contributed by atoms with Crippen molar-refractivity contribution in [2.24, 2.45) is 0 Å². The van der Waals surface area contributed by atoms with Gasteiger partial charge in [0, 0.05) is 41.2 Å². The molecule has 0 unspecified atom stereocenters. The van der Waals surface area contributed by atoms with Crippen LogP contribution in [0.15, 0.2) is 65.8 Å². The number of ether oxygens (including phenoxy) is 2. The van der Waals surface area contributed by atoms with Crippen molar-refractivity contribution >= 4 is 32.9 Å². The normalized spacial score (nSPS) is 12.6. The average molecular weight is 520 g/mol. The van der Waals surface area contributed by atoms with Gasteiger partial charge in [-0.25, -0.2) is 13.4 Å². The van der Waals surface area contributed by atoms with Crippen molar-refractivity contribution in [3.63, 3.8) is 0 Å². The van der Waals surface area contributed by atoms with Crippen molar-refractivity contribution in [2.45, 2.75) is 24.8 Å². The van der Waals surface area contributed by atoms with Crippen LogP contribution in [0.1, 0.15) is 29.7 Å². The van der Waals surface area contributed by atoms with Gasteiger partial charge in [-0.3, -0.25) is 4.79 Å². The van der Waals surface area contributed by atoms with E-state index in [1.54, 1.807) is 57.0 Å². The number of aromatic nitrogens is 2. The maximum Gasteiger partial charge on any atom is 0.244 e. The second-order valence-corrected chi connectivity index (χ2v) is 10.8. The molecule has 2 heterocycles. The van der Waals surface area contributed by atoms with Crippen molar-refractivity contribution in [3.8, 4) is 22.6 Å². The Morgan fingerprint density at radius 3 is 2.54 bits per heavy atom. The molecule has 2 aromatic heterocycles. The Balaban J connectivity index is 1.56. The highest BCUT2D eigenvalue weighted by atomic mass is 32.2. The van der Waals surface area contributed by atoms with Gasteiger partial charge in [-0.1, -0.05) is 12.1 Å². The molecule has 2 aromatic carbocycles. The summed E-state index contributed by atoms with van der Waals surface area (Å²) >= 11 is 0. The van der Waals surface area contributed by atoms with E-state index in [0.717, 1.165) is 33.2 Å².